The van der Waals surface area contributed by atoms with E-state index in [1.54, 1.807) is 54.6 Å². The van der Waals surface area contributed by atoms with Crippen LogP contribution in [0.5, 0.6) is 0 Å². The summed E-state index contributed by atoms with van der Waals surface area (Å²) in [7, 11) is 0. The van der Waals surface area contributed by atoms with Gasteiger partial charge in [-0.25, -0.2) is 0 Å². The van der Waals surface area contributed by atoms with Crippen molar-refractivity contribution in [3.63, 3.8) is 0 Å². The van der Waals surface area contributed by atoms with Crippen LogP contribution in [-0.4, -0.2) is 11.6 Å². The number of para-hydroxylation sites is 1. The molecule has 0 amide bonds. The highest BCUT2D eigenvalue weighted by atomic mass is 16.3. The van der Waals surface area contributed by atoms with Crippen molar-refractivity contribution in [2.75, 3.05) is 0 Å². The molecule has 1 heterocycles. The molecule has 0 atom stereocenters. The second kappa shape index (κ2) is 7.75. The average Bonchev–Trinajstić information content (AvgIpc) is 2.83. The van der Waals surface area contributed by atoms with Gasteiger partial charge >= 0.3 is 0 Å². The molecule has 5 aromatic rings. The van der Waals surface area contributed by atoms with Crippen LogP contribution in [0.4, 0.5) is 0 Å². The van der Waals surface area contributed by atoms with Gasteiger partial charge in [0.15, 0.2) is 11.6 Å². The van der Waals surface area contributed by atoms with Crippen molar-refractivity contribution < 1.29 is 14.0 Å². The van der Waals surface area contributed by atoms with Crippen molar-refractivity contribution in [2.24, 2.45) is 0 Å². The number of hydrogen-bond donors (Lipinski definition) is 0. The van der Waals surface area contributed by atoms with Crippen LogP contribution in [0.3, 0.4) is 0 Å². The third-order valence-corrected chi connectivity index (χ3v) is 5.65. The third-order valence-electron chi connectivity index (χ3n) is 5.65. The Kier molecular flexibility index (Phi) is 4.75. The smallest absolute Gasteiger partial charge is 0.200 e. The quantitative estimate of drug-likeness (QED) is 0.296. The van der Waals surface area contributed by atoms with Gasteiger partial charge in [-0.1, -0.05) is 72.8 Å². The lowest BCUT2D eigenvalue weighted by atomic mass is 9.84. The highest BCUT2D eigenvalue weighted by Crippen LogP contribution is 2.26. The second-order valence-corrected chi connectivity index (χ2v) is 7.62. The van der Waals surface area contributed by atoms with E-state index in [2.05, 4.69) is 0 Å². The normalized spacial score (nSPS) is 12.2. The van der Waals surface area contributed by atoms with Gasteiger partial charge in [0.1, 0.15) is 11.2 Å². The number of benzene rings is 4. The minimum Gasteiger partial charge on any atom is -0.456 e. The van der Waals surface area contributed by atoms with Gasteiger partial charge in [0.2, 0.25) is 5.43 Å². The molecule has 1 aliphatic carbocycles. The Morgan fingerprint density at radius 3 is 1.56 bits per heavy atom. The number of fused-ring (bicyclic) bond motifs is 4. The van der Waals surface area contributed by atoms with Crippen LogP contribution in [0.1, 0.15) is 37.4 Å². The second-order valence-electron chi connectivity index (χ2n) is 7.62. The molecular weight excluding hydrogens is 400 g/mol. The van der Waals surface area contributed by atoms with Crippen LogP contribution in [0.25, 0.3) is 21.9 Å². The van der Waals surface area contributed by atoms with Crippen molar-refractivity contribution in [1.29, 1.82) is 0 Å². The van der Waals surface area contributed by atoms with E-state index in [0.717, 1.165) is 5.56 Å². The van der Waals surface area contributed by atoms with E-state index < -0.39 is 0 Å². The number of hydrogen-bond acceptors (Lipinski definition) is 4. The maximum absolute atomic E-state index is 12.2. The first-order chi connectivity index (χ1) is 15.6. The number of rotatable bonds is 0. The van der Waals surface area contributed by atoms with Gasteiger partial charge in [-0.3, -0.25) is 14.4 Å². The Labute approximate surface area is 183 Å². The predicted molar refractivity (Wildman–Crippen MR) is 124 cm³/mol. The fraction of sp³-hybridized carbons (Fsp3) is 0.0357. The van der Waals surface area contributed by atoms with Gasteiger partial charge in [0, 0.05) is 22.3 Å². The van der Waals surface area contributed by atoms with E-state index in [9.17, 15) is 14.4 Å². The maximum Gasteiger partial charge on any atom is 0.200 e. The molecule has 0 bridgehead atoms. The fourth-order valence-electron chi connectivity index (χ4n) is 4.06. The summed E-state index contributed by atoms with van der Waals surface area (Å²) in [5, 5.41) is 1.32. The Bertz CT molecular complexity index is 1490. The summed E-state index contributed by atoms with van der Waals surface area (Å²) in [6.07, 6.45) is 0. The minimum absolute atomic E-state index is 0.0509. The molecular formula is C28H18O4. The molecule has 4 aromatic carbocycles. The van der Waals surface area contributed by atoms with Crippen LogP contribution in [0.2, 0.25) is 0 Å². The maximum atomic E-state index is 12.2. The van der Waals surface area contributed by atoms with Crippen LogP contribution >= 0.6 is 0 Å². The van der Waals surface area contributed by atoms with Gasteiger partial charge in [-0.15, -0.1) is 0 Å². The van der Waals surface area contributed by atoms with E-state index in [0.29, 0.717) is 44.2 Å². The van der Waals surface area contributed by atoms with Crippen LogP contribution in [0.15, 0.2) is 100 Å². The molecule has 0 unspecified atom stereocenters. The fourth-order valence-corrected chi connectivity index (χ4v) is 4.06. The summed E-state index contributed by atoms with van der Waals surface area (Å²) < 4.78 is 5.71. The van der Waals surface area contributed by atoms with Crippen molar-refractivity contribution in [1.82, 2.24) is 0 Å². The largest absolute Gasteiger partial charge is 0.456 e. The van der Waals surface area contributed by atoms with E-state index in [1.807, 2.05) is 43.3 Å². The molecule has 0 fully saturated rings. The molecule has 0 saturated carbocycles. The van der Waals surface area contributed by atoms with Crippen LogP contribution in [0, 0.1) is 6.92 Å². The third kappa shape index (κ3) is 3.13. The standard InChI is InChI=1S/C14H10O2.C14H8O2/c1-9-5-4-8-12-13(9)14(15)10-6-2-3-7-11(10)16-12;15-13-9-5-1-2-6-10(9)14(16)12-8-4-3-7-11(12)13/h2-8H,1H3;1-8H. The summed E-state index contributed by atoms with van der Waals surface area (Å²) in [4.78, 5) is 36.5. The monoisotopic (exact) mass is 418 g/mol. The molecule has 0 saturated heterocycles. The molecule has 4 heteroatoms. The summed E-state index contributed by atoms with van der Waals surface area (Å²) in [6, 6.07) is 26.9. The Morgan fingerprint density at radius 1 is 0.531 bits per heavy atom. The summed E-state index contributed by atoms with van der Waals surface area (Å²) in [6.45, 7) is 1.92. The topological polar surface area (TPSA) is 64.3 Å². The molecule has 0 aliphatic heterocycles. The number of carbonyl (C=O) groups excluding carboxylic acids is 2. The van der Waals surface area contributed by atoms with E-state index in [4.69, 9.17) is 4.42 Å². The number of ketones is 2. The predicted octanol–water partition coefficient (Wildman–Crippen LogP) is 5.72. The molecule has 1 aromatic heterocycles. The zero-order chi connectivity index (χ0) is 22.2. The van der Waals surface area contributed by atoms with Crippen LogP contribution < -0.4 is 5.43 Å². The van der Waals surface area contributed by atoms with E-state index >= 15 is 0 Å². The molecule has 6 rings (SSSR count). The lowest BCUT2D eigenvalue weighted by molar-refractivity contribution is 0.0979. The van der Waals surface area contributed by atoms with Gasteiger partial charge in [0.25, 0.3) is 0 Å². The Balaban J connectivity index is 0.000000135. The van der Waals surface area contributed by atoms with Gasteiger partial charge in [-0.05, 0) is 30.7 Å². The van der Waals surface area contributed by atoms with Gasteiger partial charge in [-0.2, -0.15) is 0 Å². The summed E-state index contributed by atoms with van der Waals surface area (Å²) in [5.41, 5.74) is 4.33. The molecule has 0 N–H and O–H groups in total. The Morgan fingerprint density at radius 2 is 1.00 bits per heavy atom. The molecule has 4 nitrogen and oxygen atoms in total. The van der Waals surface area contributed by atoms with E-state index in [1.165, 1.54) is 0 Å². The molecule has 0 radical (unpaired) electrons. The van der Waals surface area contributed by atoms with Crippen LogP contribution in [-0.2, 0) is 0 Å². The van der Waals surface area contributed by atoms with Gasteiger partial charge in [0.05, 0.1) is 10.8 Å². The first kappa shape index (κ1) is 19.6. The molecule has 0 spiro atoms. The summed E-state index contributed by atoms with van der Waals surface area (Å²) in [5.74, 6) is -0.128. The molecule has 1 aliphatic rings. The van der Waals surface area contributed by atoms with E-state index in [-0.39, 0.29) is 17.0 Å². The van der Waals surface area contributed by atoms with Crippen molar-refractivity contribution in [2.45, 2.75) is 6.92 Å². The van der Waals surface area contributed by atoms with Crippen molar-refractivity contribution in [3.05, 3.63) is 129 Å². The highest BCUT2D eigenvalue weighted by molar-refractivity contribution is 6.28. The number of carbonyl (C=O) groups is 2. The zero-order valence-corrected chi connectivity index (χ0v) is 17.3. The van der Waals surface area contributed by atoms with Gasteiger partial charge < -0.3 is 4.42 Å². The highest BCUT2D eigenvalue weighted by Gasteiger charge is 2.28. The molecule has 32 heavy (non-hydrogen) atoms. The lowest BCUT2D eigenvalue weighted by Gasteiger charge is -2.16. The van der Waals surface area contributed by atoms with Crippen molar-refractivity contribution >= 4 is 33.5 Å². The Hall–Kier alpha value is -4.31. The lowest BCUT2D eigenvalue weighted by Crippen LogP contribution is -2.20. The first-order valence-corrected chi connectivity index (χ1v) is 10.2. The molecule has 154 valence electrons. The minimum atomic E-state index is -0.0641. The SMILES string of the molecule is Cc1cccc2oc3ccccc3c(=O)c12.O=C1c2ccccc2C(=O)c2ccccc21. The average molecular weight is 418 g/mol. The van der Waals surface area contributed by atoms with Crippen molar-refractivity contribution in [3.8, 4) is 0 Å². The zero-order valence-electron chi connectivity index (χ0n) is 17.3. The number of aryl methyl sites for hydroxylation is 1. The first-order valence-electron chi connectivity index (χ1n) is 10.2. The summed E-state index contributed by atoms with van der Waals surface area (Å²) >= 11 is 0.